The zero-order valence-electron chi connectivity index (χ0n) is 17.1. The van der Waals surface area contributed by atoms with Crippen LogP contribution in [0.25, 0.3) is 0 Å². The van der Waals surface area contributed by atoms with E-state index < -0.39 is 5.82 Å². The van der Waals surface area contributed by atoms with Crippen LogP contribution in [0.3, 0.4) is 0 Å². The number of aromatic nitrogens is 2. The van der Waals surface area contributed by atoms with Crippen molar-refractivity contribution in [1.82, 2.24) is 19.9 Å². The van der Waals surface area contributed by atoms with Crippen molar-refractivity contribution >= 4 is 17.6 Å². The minimum Gasteiger partial charge on any atom is -0.375 e. The highest BCUT2D eigenvalue weighted by Gasteiger charge is 2.29. The summed E-state index contributed by atoms with van der Waals surface area (Å²) in [5.41, 5.74) is 0.136. The van der Waals surface area contributed by atoms with E-state index in [4.69, 9.17) is 9.26 Å². The lowest BCUT2D eigenvalue weighted by atomic mass is 10.0. The van der Waals surface area contributed by atoms with Crippen molar-refractivity contribution in [2.24, 2.45) is 0 Å². The maximum atomic E-state index is 13.8. The molecule has 2 heterocycles. The Labute approximate surface area is 174 Å². The number of carbonyl (C=O) groups excluding carboxylic acids is 2. The lowest BCUT2D eigenvalue weighted by Gasteiger charge is -2.39. The Morgan fingerprint density at radius 2 is 2.20 bits per heavy atom. The van der Waals surface area contributed by atoms with Gasteiger partial charge in [0.2, 0.25) is 5.91 Å². The van der Waals surface area contributed by atoms with E-state index in [1.54, 1.807) is 29.0 Å². The molecule has 1 aromatic carbocycles. The molecule has 1 aliphatic rings. The van der Waals surface area contributed by atoms with Gasteiger partial charge >= 0.3 is 6.03 Å². The summed E-state index contributed by atoms with van der Waals surface area (Å²) in [6, 6.07) is 5.52. The summed E-state index contributed by atoms with van der Waals surface area (Å²) in [7, 11) is 1.54. The van der Waals surface area contributed by atoms with Gasteiger partial charge in [-0.25, -0.2) is 9.18 Å². The van der Waals surface area contributed by atoms with Crippen LogP contribution in [0.5, 0.6) is 0 Å². The number of anilines is 1. The summed E-state index contributed by atoms with van der Waals surface area (Å²) < 4.78 is 23.9. The van der Waals surface area contributed by atoms with Gasteiger partial charge in [-0.15, -0.1) is 0 Å². The van der Waals surface area contributed by atoms with Crippen LogP contribution in [0.1, 0.15) is 31.5 Å². The Morgan fingerprint density at radius 1 is 1.40 bits per heavy atom. The average Bonchev–Trinajstić information content (AvgIpc) is 3.17. The molecule has 1 saturated heterocycles. The molecule has 10 heteroatoms. The molecule has 0 bridgehead atoms. The molecule has 0 spiro atoms. The Morgan fingerprint density at radius 3 is 2.93 bits per heavy atom. The van der Waals surface area contributed by atoms with E-state index in [0.717, 1.165) is 12.8 Å². The van der Waals surface area contributed by atoms with Gasteiger partial charge in [-0.3, -0.25) is 4.79 Å². The largest absolute Gasteiger partial charge is 0.375 e. The number of piperidine rings is 1. The van der Waals surface area contributed by atoms with Crippen LogP contribution in [0.15, 0.2) is 28.8 Å². The molecule has 1 aromatic heterocycles. The molecule has 30 heavy (non-hydrogen) atoms. The van der Waals surface area contributed by atoms with E-state index in [9.17, 15) is 14.0 Å². The second-order valence-corrected chi connectivity index (χ2v) is 7.15. The fourth-order valence-corrected chi connectivity index (χ4v) is 3.54. The normalized spacial score (nSPS) is 16.4. The number of rotatable bonds is 7. The van der Waals surface area contributed by atoms with Crippen LogP contribution < -0.4 is 5.32 Å². The lowest BCUT2D eigenvalue weighted by Crippen LogP contribution is -2.52. The first-order valence-electron chi connectivity index (χ1n) is 9.86. The average molecular weight is 419 g/mol. The van der Waals surface area contributed by atoms with Gasteiger partial charge in [-0.2, -0.15) is 4.98 Å². The molecule has 0 radical (unpaired) electrons. The van der Waals surface area contributed by atoms with Crippen molar-refractivity contribution in [1.29, 1.82) is 0 Å². The fraction of sp³-hybridized carbons (Fsp3) is 0.500. The molecule has 1 aliphatic heterocycles. The van der Waals surface area contributed by atoms with E-state index in [1.807, 2.05) is 0 Å². The van der Waals surface area contributed by atoms with Crippen molar-refractivity contribution < 1.29 is 23.2 Å². The first-order valence-corrected chi connectivity index (χ1v) is 9.86. The molecule has 1 fully saturated rings. The SMILES string of the molecule is COCc1nc(CCN(C(C)=O)C2CCCN(C(=O)Nc3ccccc3F)C2)no1. The van der Waals surface area contributed by atoms with E-state index in [-0.39, 0.29) is 30.3 Å². The molecule has 0 saturated carbocycles. The highest BCUT2D eigenvalue weighted by Crippen LogP contribution is 2.19. The second-order valence-electron chi connectivity index (χ2n) is 7.15. The molecule has 3 amide bonds. The lowest BCUT2D eigenvalue weighted by molar-refractivity contribution is -0.132. The molecule has 0 aliphatic carbocycles. The molecule has 1 unspecified atom stereocenters. The van der Waals surface area contributed by atoms with E-state index in [2.05, 4.69) is 15.5 Å². The number of likely N-dealkylation sites (tertiary alicyclic amines) is 1. The van der Waals surface area contributed by atoms with Crippen LogP contribution in [0.2, 0.25) is 0 Å². The number of methoxy groups -OCH3 is 1. The van der Waals surface area contributed by atoms with Gasteiger partial charge in [0.15, 0.2) is 5.82 Å². The smallest absolute Gasteiger partial charge is 0.321 e. The van der Waals surface area contributed by atoms with Crippen LogP contribution in [-0.4, -0.2) is 64.7 Å². The summed E-state index contributed by atoms with van der Waals surface area (Å²) >= 11 is 0. The number of halogens is 1. The van der Waals surface area contributed by atoms with E-state index in [1.165, 1.54) is 19.1 Å². The molecule has 2 aromatic rings. The predicted octanol–water partition coefficient (Wildman–Crippen LogP) is 2.44. The second kappa shape index (κ2) is 10.1. The number of urea groups is 1. The number of para-hydroxylation sites is 1. The topological polar surface area (TPSA) is 101 Å². The van der Waals surface area contributed by atoms with E-state index >= 15 is 0 Å². The molecule has 1 N–H and O–H groups in total. The van der Waals surface area contributed by atoms with Crippen molar-refractivity contribution in [3.05, 3.63) is 41.8 Å². The third-order valence-electron chi connectivity index (χ3n) is 5.00. The van der Waals surface area contributed by atoms with Crippen molar-refractivity contribution in [2.75, 3.05) is 32.1 Å². The standard InChI is InChI=1S/C20H26FN5O4/c1-14(27)26(11-9-18-23-19(13-29-2)30-24-18)15-6-5-10-25(12-15)20(28)22-17-8-4-3-7-16(17)21/h3-4,7-8,15H,5-6,9-13H2,1-2H3,(H,22,28). The maximum Gasteiger partial charge on any atom is 0.321 e. The van der Waals surface area contributed by atoms with Crippen LogP contribution >= 0.6 is 0 Å². The predicted molar refractivity (Wildman–Crippen MR) is 106 cm³/mol. The summed E-state index contributed by atoms with van der Waals surface area (Å²) in [6.07, 6.45) is 1.97. The highest BCUT2D eigenvalue weighted by atomic mass is 19.1. The minimum absolute atomic E-state index is 0.0861. The summed E-state index contributed by atoms with van der Waals surface area (Å²) in [6.45, 7) is 3.08. The number of benzene rings is 1. The van der Waals surface area contributed by atoms with Gasteiger partial charge in [-0.05, 0) is 25.0 Å². The first kappa shape index (κ1) is 21.7. The Kier molecular flexibility index (Phi) is 7.34. The highest BCUT2D eigenvalue weighted by molar-refractivity contribution is 5.89. The summed E-state index contributed by atoms with van der Waals surface area (Å²) in [4.78, 5) is 32.4. The number of nitrogens with zero attached hydrogens (tertiary/aromatic N) is 4. The number of ether oxygens (including phenoxy) is 1. The van der Waals surface area contributed by atoms with Crippen LogP contribution in [0.4, 0.5) is 14.9 Å². The third-order valence-corrected chi connectivity index (χ3v) is 5.00. The molecule has 3 rings (SSSR count). The van der Waals surface area contributed by atoms with Gasteiger partial charge in [-0.1, -0.05) is 17.3 Å². The number of hydrogen-bond acceptors (Lipinski definition) is 6. The third kappa shape index (κ3) is 5.53. The molecule has 162 valence electrons. The zero-order valence-corrected chi connectivity index (χ0v) is 17.1. The Bertz CT molecular complexity index is 874. The summed E-state index contributed by atoms with van der Waals surface area (Å²) in [5.74, 6) is 0.309. The molecular weight excluding hydrogens is 393 g/mol. The van der Waals surface area contributed by atoms with Gasteiger partial charge < -0.3 is 24.4 Å². The van der Waals surface area contributed by atoms with Crippen molar-refractivity contribution in [2.45, 2.75) is 38.8 Å². The monoisotopic (exact) mass is 419 g/mol. The molecular formula is C20H26FN5O4. The number of amides is 3. The maximum absolute atomic E-state index is 13.8. The van der Waals surface area contributed by atoms with Gasteiger partial charge in [0.1, 0.15) is 12.4 Å². The number of hydrogen-bond donors (Lipinski definition) is 1. The summed E-state index contributed by atoms with van der Waals surface area (Å²) in [5, 5.41) is 6.50. The fourth-order valence-electron chi connectivity index (χ4n) is 3.54. The van der Waals surface area contributed by atoms with Crippen LogP contribution in [-0.2, 0) is 22.6 Å². The van der Waals surface area contributed by atoms with Gasteiger partial charge in [0, 0.05) is 46.1 Å². The van der Waals surface area contributed by atoms with Crippen LogP contribution in [0, 0.1) is 5.82 Å². The van der Waals surface area contributed by atoms with Gasteiger partial charge in [0.25, 0.3) is 5.89 Å². The van der Waals surface area contributed by atoms with E-state index in [0.29, 0.717) is 37.8 Å². The Hall–Kier alpha value is -3.01. The number of carbonyl (C=O) groups is 2. The first-order chi connectivity index (χ1) is 14.5. The molecule has 1 atom stereocenters. The number of nitrogens with one attached hydrogen (secondary N) is 1. The van der Waals surface area contributed by atoms with Crippen molar-refractivity contribution in [3.8, 4) is 0 Å². The minimum atomic E-state index is -0.488. The van der Waals surface area contributed by atoms with Crippen molar-refractivity contribution in [3.63, 3.8) is 0 Å². The Balaban J connectivity index is 1.59. The quantitative estimate of drug-likeness (QED) is 0.740. The molecule has 9 nitrogen and oxygen atoms in total. The zero-order chi connectivity index (χ0) is 21.5. The van der Waals surface area contributed by atoms with Gasteiger partial charge in [0.05, 0.1) is 5.69 Å².